The molecule has 1 saturated heterocycles. The van der Waals surface area contributed by atoms with Gasteiger partial charge in [-0.1, -0.05) is 72.3 Å². The van der Waals surface area contributed by atoms with E-state index in [2.05, 4.69) is 17.0 Å². The van der Waals surface area contributed by atoms with Gasteiger partial charge in [0.25, 0.3) is 0 Å². The van der Waals surface area contributed by atoms with Crippen LogP contribution in [0.3, 0.4) is 0 Å². The summed E-state index contributed by atoms with van der Waals surface area (Å²) in [6.07, 6.45) is 0. The van der Waals surface area contributed by atoms with Crippen molar-refractivity contribution in [2.45, 2.75) is 18.0 Å². The van der Waals surface area contributed by atoms with Crippen LogP contribution in [0.2, 0.25) is 5.02 Å². The van der Waals surface area contributed by atoms with Crippen LogP contribution in [0.1, 0.15) is 11.1 Å². The van der Waals surface area contributed by atoms with Crippen LogP contribution in [0.25, 0.3) is 0 Å². The van der Waals surface area contributed by atoms with Crippen LogP contribution in [0, 0.1) is 0 Å². The minimum Gasteiger partial charge on any atom is -0.495 e. The third-order valence-electron chi connectivity index (χ3n) is 6.23. The fourth-order valence-electron chi connectivity index (χ4n) is 4.25. The maximum absolute atomic E-state index is 13.8. The van der Waals surface area contributed by atoms with E-state index in [1.54, 1.807) is 11.0 Å². The molecular formula is C27H30ClN3O4S. The van der Waals surface area contributed by atoms with Crippen molar-refractivity contribution in [1.29, 1.82) is 0 Å². The largest absolute Gasteiger partial charge is 0.495 e. The quantitative estimate of drug-likeness (QED) is 0.422. The molecule has 0 aliphatic carbocycles. The number of piperazine rings is 1. The summed E-state index contributed by atoms with van der Waals surface area (Å²) in [6, 6.07) is 23.9. The van der Waals surface area contributed by atoms with Gasteiger partial charge < -0.3 is 9.64 Å². The number of methoxy groups -OCH3 is 1. The van der Waals surface area contributed by atoms with Gasteiger partial charge in [-0.2, -0.15) is 4.31 Å². The minimum atomic E-state index is -4.08. The summed E-state index contributed by atoms with van der Waals surface area (Å²) in [5, 5.41) is 0.273. The Morgan fingerprint density at radius 1 is 0.917 bits per heavy atom. The molecule has 36 heavy (non-hydrogen) atoms. The molecule has 0 unspecified atom stereocenters. The van der Waals surface area contributed by atoms with Crippen molar-refractivity contribution in [3.05, 3.63) is 95.0 Å². The van der Waals surface area contributed by atoms with Crippen molar-refractivity contribution in [3.63, 3.8) is 0 Å². The summed E-state index contributed by atoms with van der Waals surface area (Å²) in [5.74, 6) is -0.0469. The number of hydrogen-bond donors (Lipinski definition) is 0. The zero-order valence-corrected chi connectivity index (χ0v) is 21.8. The summed E-state index contributed by atoms with van der Waals surface area (Å²) in [7, 11) is -2.68. The summed E-state index contributed by atoms with van der Waals surface area (Å²) < 4.78 is 34.0. The zero-order chi connectivity index (χ0) is 25.5. The normalized spacial score (nSPS) is 14.7. The highest BCUT2D eigenvalue weighted by atomic mass is 35.5. The van der Waals surface area contributed by atoms with Gasteiger partial charge in [-0.05, 0) is 29.3 Å². The van der Waals surface area contributed by atoms with E-state index in [1.807, 2.05) is 48.5 Å². The standard InChI is InChI=1S/C27H30ClN3O4S/c1-35-25-13-12-24(28)18-26(25)36(33,34)31(20-23-10-6-3-7-11-23)21-27(32)30-16-14-29(15-17-30)19-22-8-4-2-5-9-22/h2-13,18H,14-17,19-21H2,1H3. The van der Waals surface area contributed by atoms with Crippen molar-refractivity contribution >= 4 is 27.5 Å². The second-order valence-corrected chi connectivity index (χ2v) is 11.0. The number of rotatable bonds is 9. The summed E-state index contributed by atoms with van der Waals surface area (Å²) >= 11 is 6.13. The SMILES string of the molecule is COc1ccc(Cl)cc1S(=O)(=O)N(CC(=O)N1CCN(Cc2ccccc2)CC1)Cc1ccccc1. The van der Waals surface area contributed by atoms with Gasteiger partial charge in [0.15, 0.2) is 0 Å². The predicted molar refractivity (Wildman–Crippen MR) is 140 cm³/mol. The van der Waals surface area contributed by atoms with Gasteiger partial charge in [0, 0.05) is 44.3 Å². The third kappa shape index (κ3) is 6.44. The van der Waals surface area contributed by atoms with Gasteiger partial charge in [0.1, 0.15) is 10.6 Å². The predicted octanol–water partition coefficient (Wildman–Crippen LogP) is 3.88. The van der Waals surface area contributed by atoms with E-state index in [4.69, 9.17) is 16.3 Å². The molecule has 0 N–H and O–H groups in total. The number of amides is 1. The molecule has 1 amide bonds. The van der Waals surface area contributed by atoms with Crippen molar-refractivity contribution in [2.24, 2.45) is 0 Å². The first kappa shape index (κ1) is 26.2. The molecule has 1 fully saturated rings. The molecule has 0 bridgehead atoms. The lowest BCUT2D eigenvalue weighted by molar-refractivity contribution is -0.133. The Balaban J connectivity index is 1.50. The van der Waals surface area contributed by atoms with Crippen molar-refractivity contribution in [1.82, 2.24) is 14.1 Å². The molecule has 7 nitrogen and oxygen atoms in total. The Morgan fingerprint density at radius 2 is 1.53 bits per heavy atom. The average molecular weight is 528 g/mol. The Bertz CT molecular complexity index is 1260. The van der Waals surface area contributed by atoms with Crippen LogP contribution in [-0.2, 0) is 27.9 Å². The Kier molecular flexibility index (Phi) is 8.64. The Morgan fingerprint density at radius 3 is 2.14 bits per heavy atom. The van der Waals surface area contributed by atoms with Gasteiger partial charge in [-0.3, -0.25) is 9.69 Å². The van der Waals surface area contributed by atoms with Crippen LogP contribution in [0.15, 0.2) is 83.8 Å². The van der Waals surface area contributed by atoms with Gasteiger partial charge in [-0.25, -0.2) is 8.42 Å². The van der Waals surface area contributed by atoms with E-state index in [9.17, 15) is 13.2 Å². The van der Waals surface area contributed by atoms with E-state index in [1.165, 1.54) is 29.1 Å². The molecule has 0 radical (unpaired) electrons. The molecule has 0 saturated carbocycles. The number of carbonyl (C=O) groups excluding carboxylic acids is 1. The molecule has 1 aliphatic rings. The number of halogens is 1. The van der Waals surface area contributed by atoms with Crippen molar-refractivity contribution < 1.29 is 17.9 Å². The first-order chi connectivity index (χ1) is 17.4. The lowest BCUT2D eigenvalue weighted by Gasteiger charge is -2.35. The molecule has 190 valence electrons. The second-order valence-electron chi connectivity index (χ2n) is 8.70. The average Bonchev–Trinajstić information content (AvgIpc) is 2.90. The number of benzene rings is 3. The number of hydrogen-bond acceptors (Lipinski definition) is 5. The van der Waals surface area contributed by atoms with Crippen molar-refractivity contribution in [3.8, 4) is 5.75 Å². The number of nitrogens with zero attached hydrogens (tertiary/aromatic N) is 3. The first-order valence-electron chi connectivity index (χ1n) is 11.8. The highest BCUT2D eigenvalue weighted by Gasteiger charge is 2.32. The Labute approximate surface area is 217 Å². The summed E-state index contributed by atoms with van der Waals surface area (Å²) in [5.41, 5.74) is 2.01. The van der Waals surface area contributed by atoms with E-state index < -0.39 is 10.0 Å². The van der Waals surface area contributed by atoms with Crippen molar-refractivity contribution in [2.75, 3.05) is 39.8 Å². The highest BCUT2D eigenvalue weighted by Crippen LogP contribution is 2.30. The van der Waals surface area contributed by atoms with E-state index in [0.717, 1.165) is 25.2 Å². The van der Waals surface area contributed by atoms with Crippen LogP contribution in [-0.4, -0.2) is 68.3 Å². The van der Waals surface area contributed by atoms with E-state index in [-0.39, 0.29) is 34.7 Å². The number of sulfonamides is 1. The minimum absolute atomic E-state index is 0.0541. The molecule has 0 spiro atoms. The van der Waals surface area contributed by atoms with Crippen LogP contribution in [0.5, 0.6) is 5.75 Å². The molecule has 1 aliphatic heterocycles. The highest BCUT2D eigenvalue weighted by molar-refractivity contribution is 7.89. The second kappa shape index (κ2) is 11.9. The number of carbonyl (C=O) groups is 1. The summed E-state index contributed by atoms with van der Waals surface area (Å²) in [6.45, 7) is 3.16. The first-order valence-corrected chi connectivity index (χ1v) is 13.6. The number of ether oxygens (including phenoxy) is 1. The third-order valence-corrected chi connectivity index (χ3v) is 8.28. The summed E-state index contributed by atoms with van der Waals surface area (Å²) in [4.78, 5) is 17.3. The molecule has 0 aromatic heterocycles. The van der Waals surface area contributed by atoms with Gasteiger partial charge in [0.2, 0.25) is 15.9 Å². The molecule has 9 heteroatoms. The smallest absolute Gasteiger partial charge is 0.247 e. The lowest BCUT2D eigenvalue weighted by atomic mass is 10.2. The van der Waals surface area contributed by atoms with Crippen LogP contribution < -0.4 is 4.74 Å². The van der Waals surface area contributed by atoms with Gasteiger partial charge in [0.05, 0.1) is 13.7 Å². The van der Waals surface area contributed by atoms with Gasteiger partial charge >= 0.3 is 0 Å². The maximum Gasteiger partial charge on any atom is 0.247 e. The monoisotopic (exact) mass is 527 g/mol. The Hall–Kier alpha value is -2.91. The topological polar surface area (TPSA) is 70.2 Å². The fourth-order valence-corrected chi connectivity index (χ4v) is 6.05. The molecule has 1 heterocycles. The fraction of sp³-hybridized carbons (Fsp3) is 0.296. The lowest BCUT2D eigenvalue weighted by Crippen LogP contribution is -2.51. The molecule has 3 aromatic rings. The molecular weight excluding hydrogens is 498 g/mol. The zero-order valence-electron chi connectivity index (χ0n) is 20.2. The molecule has 3 aromatic carbocycles. The molecule has 4 rings (SSSR count). The van der Waals surface area contributed by atoms with E-state index >= 15 is 0 Å². The van der Waals surface area contributed by atoms with Crippen LogP contribution in [0.4, 0.5) is 0 Å². The van der Waals surface area contributed by atoms with Crippen LogP contribution >= 0.6 is 11.6 Å². The van der Waals surface area contributed by atoms with Gasteiger partial charge in [-0.15, -0.1) is 0 Å². The van der Waals surface area contributed by atoms with E-state index in [0.29, 0.717) is 13.1 Å². The molecule has 0 atom stereocenters. The maximum atomic E-state index is 13.8.